The van der Waals surface area contributed by atoms with Gasteiger partial charge in [0.1, 0.15) is 0 Å². The number of hydrogen-bond acceptors (Lipinski definition) is 1. The maximum absolute atomic E-state index is 3.75. The highest BCUT2D eigenvalue weighted by Gasteiger charge is 2.31. The molecule has 0 amide bonds. The fraction of sp³-hybridized carbons (Fsp3) is 0.600. The van der Waals surface area contributed by atoms with Crippen molar-refractivity contribution in [2.45, 2.75) is 39.5 Å². The van der Waals surface area contributed by atoms with Crippen LogP contribution in [0.25, 0.3) is 0 Å². The van der Waals surface area contributed by atoms with Gasteiger partial charge in [0, 0.05) is 12.0 Å². The fourth-order valence-electron chi connectivity index (χ4n) is 2.63. The van der Waals surface area contributed by atoms with Crippen molar-refractivity contribution >= 4 is 0 Å². The molecule has 1 atom stereocenters. The van der Waals surface area contributed by atoms with Crippen LogP contribution in [0.3, 0.4) is 0 Å². The molecule has 1 saturated heterocycles. The minimum Gasteiger partial charge on any atom is -0.316 e. The fourth-order valence-corrected chi connectivity index (χ4v) is 2.63. The van der Waals surface area contributed by atoms with E-state index >= 15 is 0 Å². The Morgan fingerprint density at radius 3 is 2.88 bits per heavy atom. The molecule has 1 heteroatoms. The molecule has 1 rings (SSSR count). The molecule has 0 aromatic heterocycles. The van der Waals surface area contributed by atoms with E-state index in [1.54, 1.807) is 0 Å². The van der Waals surface area contributed by atoms with Crippen LogP contribution in [0, 0.1) is 5.41 Å². The summed E-state index contributed by atoms with van der Waals surface area (Å²) in [7, 11) is 0. The normalized spacial score (nSPS) is 28.0. The molecule has 1 aliphatic heterocycles. The van der Waals surface area contributed by atoms with Crippen LogP contribution in [-0.2, 0) is 0 Å². The summed E-state index contributed by atoms with van der Waals surface area (Å²) < 4.78 is 0. The van der Waals surface area contributed by atoms with Crippen molar-refractivity contribution in [3.8, 4) is 0 Å². The maximum Gasteiger partial charge on any atom is 0.00719 e. The molecule has 16 heavy (non-hydrogen) atoms. The smallest absolute Gasteiger partial charge is 0.00719 e. The lowest BCUT2D eigenvalue weighted by molar-refractivity contribution is 0.319. The molecule has 0 bridgehead atoms. The summed E-state index contributed by atoms with van der Waals surface area (Å²) in [6.07, 6.45) is 13.6. The lowest BCUT2D eigenvalue weighted by Crippen LogP contribution is -2.33. The van der Waals surface area contributed by atoms with E-state index < -0.39 is 0 Å². The van der Waals surface area contributed by atoms with Crippen LogP contribution >= 0.6 is 0 Å². The summed E-state index contributed by atoms with van der Waals surface area (Å²) in [4.78, 5) is 0. The standard InChI is InChI=1S/C15H25N/c1-4-7-10-14(5-2)15(6-3)11-8-9-12-16-13-15/h4-5,7,10,16H,1,6,8-9,11-13H2,2-3H3/b10-7-,14-5+. The van der Waals surface area contributed by atoms with Crippen LogP contribution in [0.15, 0.2) is 36.5 Å². The van der Waals surface area contributed by atoms with Gasteiger partial charge < -0.3 is 5.32 Å². The van der Waals surface area contributed by atoms with Gasteiger partial charge in [-0.2, -0.15) is 0 Å². The molecule has 1 aliphatic rings. The summed E-state index contributed by atoms with van der Waals surface area (Å²) in [5, 5.41) is 3.58. The zero-order chi connectivity index (χ0) is 11.9. The Balaban J connectivity index is 2.90. The van der Waals surface area contributed by atoms with Crippen LogP contribution in [0.2, 0.25) is 0 Å². The first-order valence-electron chi connectivity index (χ1n) is 6.45. The van der Waals surface area contributed by atoms with Crippen molar-refractivity contribution in [1.82, 2.24) is 5.32 Å². The van der Waals surface area contributed by atoms with E-state index in [2.05, 4.69) is 44.0 Å². The Bertz CT molecular complexity index is 265. The Labute approximate surface area is 100 Å². The van der Waals surface area contributed by atoms with Gasteiger partial charge in [-0.1, -0.05) is 44.2 Å². The van der Waals surface area contributed by atoms with Crippen molar-refractivity contribution in [1.29, 1.82) is 0 Å². The van der Waals surface area contributed by atoms with Crippen molar-refractivity contribution in [2.75, 3.05) is 13.1 Å². The largest absolute Gasteiger partial charge is 0.316 e. The van der Waals surface area contributed by atoms with Gasteiger partial charge in [0.15, 0.2) is 0 Å². The zero-order valence-electron chi connectivity index (χ0n) is 10.8. The molecule has 0 radical (unpaired) electrons. The van der Waals surface area contributed by atoms with Crippen molar-refractivity contribution < 1.29 is 0 Å². The minimum atomic E-state index is 0.338. The molecule has 0 saturated carbocycles. The highest BCUT2D eigenvalue weighted by Crippen LogP contribution is 2.38. The van der Waals surface area contributed by atoms with Gasteiger partial charge in [0.25, 0.3) is 0 Å². The van der Waals surface area contributed by atoms with E-state index in [0.29, 0.717) is 5.41 Å². The molecule has 1 heterocycles. The Morgan fingerprint density at radius 1 is 1.44 bits per heavy atom. The summed E-state index contributed by atoms with van der Waals surface area (Å²) in [6, 6.07) is 0. The molecule has 1 nitrogen and oxygen atoms in total. The van der Waals surface area contributed by atoms with Crippen molar-refractivity contribution in [3.05, 3.63) is 36.5 Å². The van der Waals surface area contributed by atoms with Crippen LogP contribution < -0.4 is 5.32 Å². The van der Waals surface area contributed by atoms with E-state index in [1.807, 2.05) is 6.08 Å². The highest BCUT2D eigenvalue weighted by molar-refractivity contribution is 5.29. The van der Waals surface area contributed by atoms with Crippen LogP contribution in [0.5, 0.6) is 0 Å². The Morgan fingerprint density at radius 2 is 2.25 bits per heavy atom. The molecule has 0 spiro atoms. The third-order valence-corrected chi connectivity index (χ3v) is 3.73. The summed E-state index contributed by atoms with van der Waals surface area (Å²) in [5.74, 6) is 0. The molecule has 0 aromatic rings. The van der Waals surface area contributed by atoms with Crippen molar-refractivity contribution in [2.24, 2.45) is 5.41 Å². The molecular weight excluding hydrogens is 194 g/mol. The zero-order valence-corrected chi connectivity index (χ0v) is 10.8. The first-order chi connectivity index (χ1) is 7.79. The predicted octanol–water partition coefficient (Wildman–Crippen LogP) is 3.84. The number of hydrogen-bond donors (Lipinski definition) is 1. The molecule has 1 unspecified atom stereocenters. The molecule has 90 valence electrons. The maximum atomic E-state index is 3.75. The highest BCUT2D eigenvalue weighted by atomic mass is 14.9. The summed E-state index contributed by atoms with van der Waals surface area (Å²) in [6.45, 7) is 10.5. The van der Waals surface area contributed by atoms with E-state index in [9.17, 15) is 0 Å². The molecule has 0 aromatic carbocycles. The lowest BCUT2D eigenvalue weighted by Gasteiger charge is -2.33. The Hall–Kier alpha value is -0.820. The van der Waals surface area contributed by atoms with E-state index in [0.717, 1.165) is 6.54 Å². The number of allylic oxidation sites excluding steroid dienone is 4. The second kappa shape index (κ2) is 6.70. The van der Waals surface area contributed by atoms with Gasteiger partial charge in [0.2, 0.25) is 0 Å². The van der Waals surface area contributed by atoms with Crippen LogP contribution in [0.4, 0.5) is 0 Å². The van der Waals surface area contributed by atoms with Gasteiger partial charge in [-0.3, -0.25) is 0 Å². The predicted molar refractivity (Wildman–Crippen MR) is 72.5 cm³/mol. The first-order valence-corrected chi connectivity index (χ1v) is 6.45. The van der Waals surface area contributed by atoms with Crippen LogP contribution in [0.1, 0.15) is 39.5 Å². The molecular formula is C15H25N. The van der Waals surface area contributed by atoms with E-state index in [-0.39, 0.29) is 0 Å². The SMILES string of the molecule is C=C/C=C\C(=C/C)C1(CC)CCCCNC1. The number of rotatable bonds is 4. The monoisotopic (exact) mass is 219 g/mol. The van der Waals surface area contributed by atoms with E-state index in [1.165, 1.54) is 37.8 Å². The van der Waals surface area contributed by atoms with Crippen LogP contribution in [-0.4, -0.2) is 13.1 Å². The first kappa shape index (κ1) is 13.2. The quantitative estimate of drug-likeness (QED) is 0.708. The molecule has 1 fully saturated rings. The average molecular weight is 219 g/mol. The average Bonchev–Trinajstić information content (AvgIpc) is 2.56. The Kier molecular flexibility index (Phi) is 5.54. The van der Waals surface area contributed by atoms with Crippen molar-refractivity contribution in [3.63, 3.8) is 0 Å². The van der Waals surface area contributed by atoms with Gasteiger partial charge in [-0.15, -0.1) is 0 Å². The topological polar surface area (TPSA) is 12.0 Å². The molecule has 1 N–H and O–H groups in total. The summed E-state index contributed by atoms with van der Waals surface area (Å²) in [5.41, 5.74) is 1.80. The van der Waals surface area contributed by atoms with Gasteiger partial charge in [-0.05, 0) is 38.3 Å². The van der Waals surface area contributed by atoms with Gasteiger partial charge >= 0.3 is 0 Å². The van der Waals surface area contributed by atoms with E-state index in [4.69, 9.17) is 0 Å². The van der Waals surface area contributed by atoms with Gasteiger partial charge in [0.05, 0.1) is 0 Å². The number of nitrogens with one attached hydrogen (secondary N) is 1. The third kappa shape index (κ3) is 3.08. The second-order valence-electron chi connectivity index (χ2n) is 4.61. The summed E-state index contributed by atoms with van der Waals surface area (Å²) >= 11 is 0. The lowest BCUT2D eigenvalue weighted by atomic mass is 9.74. The minimum absolute atomic E-state index is 0.338. The molecule has 0 aliphatic carbocycles. The second-order valence-corrected chi connectivity index (χ2v) is 4.61. The van der Waals surface area contributed by atoms with Gasteiger partial charge in [-0.25, -0.2) is 0 Å². The third-order valence-electron chi connectivity index (χ3n) is 3.73.